The molecule has 0 amide bonds. The van der Waals surface area contributed by atoms with Gasteiger partial charge in [0.25, 0.3) is 0 Å². The Hall–Kier alpha value is -1.86. The van der Waals surface area contributed by atoms with Crippen molar-refractivity contribution in [2.75, 3.05) is 0 Å². The first-order valence-corrected chi connectivity index (χ1v) is 7.77. The highest BCUT2D eigenvalue weighted by atomic mass is 16.5. The zero-order chi connectivity index (χ0) is 14.1. The van der Waals surface area contributed by atoms with E-state index < -0.39 is 0 Å². The van der Waals surface area contributed by atoms with Crippen LogP contribution < -0.4 is 0 Å². The van der Waals surface area contributed by atoms with Crippen molar-refractivity contribution in [3.05, 3.63) is 76.4 Å². The van der Waals surface area contributed by atoms with Crippen LogP contribution in [0.25, 0.3) is 5.57 Å². The summed E-state index contributed by atoms with van der Waals surface area (Å²) in [6.45, 7) is 4.40. The lowest BCUT2D eigenvalue weighted by atomic mass is 9.63. The normalized spacial score (nSPS) is 31.4. The summed E-state index contributed by atoms with van der Waals surface area (Å²) < 4.78 is 6.34. The lowest BCUT2D eigenvalue weighted by Crippen LogP contribution is -2.29. The molecule has 0 radical (unpaired) electrons. The predicted molar refractivity (Wildman–Crippen MR) is 83.9 cm³/mol. The lowest BCUT2D eigenvalue weighted by Gasteiger charge is -2.38. The van der Waals surface area contributed by atoms with Gasteiger partial charge in [-0.3, -0.25) is 0 Å². The van der Waals surface area contributed by atoms with Gasteiger partial charge in [-0.15, -0.1) is 0 Å². The molecule has 4 unspecified atom stereocenters. The van der Waals surface area contributed by atoms with E-state index in [1.165, 1.54) is 33.4 Å². The monoisotopic (exact) mass is 274 g/mol. The highest BCUT2D eigenvalue weighted by molar-refractivity contribution is 5.76. The Bertz CT molecular complexity index is 772. The molecule has 0 saturated carbocycles. The van der Waals surface area contributed by atoms with Crippen molar-refractivity contribution in [3.8, 4) is 0 Å². The van der Waals surface area contributed by atoms with Crippen LogP contribution in [0, 0.1) is 25.7 Å². The summed E-state index contributed by atoms with van der Waals surface area (Å²) in [6.07, 6.45) is 3.00. The molecule has 21 heavy (non-hydrogen) atoms. The first-order valence-electron chi connectivity index (χ1n) is 7.77. The number of fused-ring (bicyclic) bond motifs is 8. The Morgan fingerprint density at radius 1 is 0.857 bits per heavy atom. The van der Waals surface area contributed by atoms with Gasteiger partial charge in [0.15, 0.2) is 0 Å². The van der Waals surface area contributed by atoms with Crippen molar-refractivity contribution in [2.45, 2.75) is 26.1 Å². The van der Waals surface area contributed by atoms with E-state index in [2.05, 4.69) is 62.4 Å². The van der Waals surface area contributed by atoms with Crippen molar-refractivity contribution >= 4 is 5.57 Å². The Morgan fingerprint density at radius 2 is 1.52 bits per heavy atom. The van der Waals surface area contributed by atoms with Crippen LogP contribution >= 0.6 is 0 Å². The number of hydrogen-bond donors (Lipinski definition) is 0. The minimum absolute atomic E-state index is 0.273. The van der Waals surface area contributed by atoms with Crippen LogP contribution in [0.2, 0.25) is 0 Å². The van der Waals surface area contributed by atoms with Crippen LogP contribution in [0.15, 0.2) is 48.5 Å². The topological polar surface area (TPSA) is 9.23 Å². The summed E-state index contributed by atoms with van der Waals surface area (Å²) in [5.41, 5.74) is 8.48. The van der Waals surface area contributed by atoms with Gasteiger partial charge in [0.1, 0.15) is 0 Å². The largest absolute Gasteiger partial charge is 0.364 e. The molecule has 1 heteroatoms. The summed E-state index contributed by atoms with van der Waals surface area (Å²) in [6, 6.07) is 15.5. The molecule has 5 rings (SSSR count). The molecule has 1 fully saturated rings. The third-order valence-corrected chi connectivity index (χ3v) is 5.53. The summed E-state index contributed by atoms with van der Waals surface area (Å²) >= 11 is 0. The van der Waals surface area contributed by atoms with Gasteiger partial charge >= 0.3 is 0 Å². The van der Waals surface area contributed by atoms with E-state index in [1.807, 2.05) is 0 Å². The zero-order valence-electron chi connectivity index (χ0n) is 12.3. The van der Waals surface area contributed by atoms with Crippen molar-refractivity contribution < 1.29 is 4.74 Å². The fourth-order valence-corrected chi connectivity index (χ4v) is 4.31. The minimum Gasteiger partial charge on any atom is -0.364 e. The van der Waals surface area contributed by atoms with E-state index in [-0.39, 0.29) is 6.10 Å². The molecule has 2 bridgehead atoms. The molecule has 3 aliphatic rings. The molecule has 0 N–H and O–H groups in total. The van der Waals surface area contributed by atoms with Crippen LogP contribution in [0.4, 0.5) is 0 Å². The molecule has 2 heterocycles. The Balaban J connectivity index is 1.59. The lowest BCUT2D eigenvalue weighted by molar-refractivity contribution is 0.0626. The average molecular weight is 274 g/mol. The fourth-order valence-electron chi connectivity index (χ4n) is 4.31. The standard InChI is InChI=1S/C20H18O/c1-11-8-15-16(9-12(11)2)20-18-14(10-17(18)19(15)21-20)13-6-4-3-5-7-13/h3-10,17-20H,1-2H3. The van der Waals surface area contributed by atoms with Gasteiger partial charge in [0.05, 0.1) is 12.2 Å². The van der Waals surface area contributed by atoms with Gasteiger partial charge in [-0.2, -0.15) is 0 Å². The molecule has 0 spiro atoms. The number of hydrogen-bond acceptors (Lipinski definition) is 1. The molecular weight excluding hydrogens is 256 g/mol. The Labute approximate surface area is 125 Å². The van der Waals surface area contributed by atoms with Crippen LogP contribution in [0.1, 0.15) is 40.0 Å². The smallest absolute Gasteiger partial charge is 0.0912 e. The van der Waals surface area contributed by atoms with E-state index in [0.717, 1.165) is 0 Å². The molecule has 1 aliphatic carbocycles. The maximum absolute atomic E-state index is 6.34. The molecule has 2 aromatic rings. The van der Waals surface area contributed by atoms with Crippen LogP contribution in [-0.2, 0) is 4.74 Å². The van der Waals surface area contributed by atoms with Crippen LogP contribution in [0.5, 0.6) is 0 Å². The van der Waals surface area contributed by atoms with Crippen LogP contribution in [-0.4, -0.2) is 0 Å². The average Bonchev–Trinajstić information content (AvgIpc) is 2.92. The second-order valence-corrected chi connectivity index (χ2v) is 6.63. The van der Waals surface area contributed by atoms with E-state index in [0.29, 0.717) is 17.9 Å². The third kappa shape index (κ3) is 1.40. The molecule has 0 aromatic heterocycles. The zero-order valence-corrected chi connectivity index (χ0v) is 12.3. The molecule has 2 aliphatic heterocycles. The van der Waals surface area contributed by atoms with E-state index >= 15 is 0 Å². The maximum Gasteiger partial charge on any atom is 0.0912 e. The first-order chi connectivity index (χ1) is 10.2. The van der Waals surface area contributed by atoms with E-state index in [1.54, 1.807) is 0 Å². The summed E-state index contributed by atoms with van der Waals surface area (Å²) in [5.74, 6) is 1.15. The van der Waals surface area contributed by atoms with Crippen molar-refractivity contribution in [3.63, 3.8) is 0 Å². The van der Waals surface area contributed by atoms with Gasteiger partial charge < -0.3 is 4.74 Å². The predicted octanol–water partition coefficient (Wildman–Crippen LogP) is 4.76. The van der Waals surface area contributed by atoms with Crippen molar-refractivity contribution in [1.29, 1.82) is 0 Å². The Morgan fingerprint density at radius 3 is 2.24 bits per heavy atom. The Kier molecular flexibility index (Phi) is 2.16. The van der Waals surface area contributed by atoms with Gasteiger partial charge in [-0.25, -0.2) is 0 Å². The summed E-state index contributed by atoms with van der Waals surface area (Å²) in [4.78, 5) is 0. The molecular formula is C20H18O. The van der Waals surface area contributed by atoms with Gasteiger partial charge in [0, 0.05) is 11.8 Å². The second kappa shape index (κ2) is 3.86. The highest BCUT2D eigenvalue weighted by Gasteiger charge is 2.56. The second-order valence-electron chi connectivity index (χ2n) is 6.63. The molecule has 1 saturated heterocycles. The minimum atomic E-state index is 0.273. The maximum atomic E-state index is 6.34. The molecule has 1 nitrogen and oxygen atoms in total. The van der Waals surface area contributed by atoms with E-state index in [9.17, 15) is 0 Å². The van der Waals surface area contributed by atoms with Crippen molar-refractivity contribution in [2.24, 2.45) is 11.8 Å². The SMILES string of the molecule is Cc1cc2c(cc1C)C1OC2C2C=C(c3ccccc3)C12. The number of aryl methyl sites for hydroxylation is 2. The fraction of sp³-hybridized carbons (Fsp3) is 0.300. The third-order valence-electron chi connectivity index (χ3n) is 5.53. The van der Waals surface area contributed by atoms with Gasteiger partial charge in [-0.05, 0) is 47.2 Å². The molecule has 2 aromatic carbocycles. The highest BCUT2D eigenvalue weighted by Crippen LogP contribution is 2.66. The number of ether oxygens (including phenoxy) is 1. The number of rotatable bonds is 1. The van der Waals surface area contributed by atoms with Crippen LogP contribution in [0.3, 0.4) is 0 Å². The van der Waals surface area contributed by atoms with E-state index in [4.69, 9.17) is 4.74 Å². The summed E-state index contributed by atoms with van der Waals surface area (Å²) in [5, 5.41) is 0. The molecule has 4 atom stereocenters. The van der Waals surface area contributed by atoms with Gasteiger partial charge in [0.2, 0.25) is 0 Å². The quantitative estimate of drug-likeness (QED) is 0.728. The van der Waals surface area contributed by atoms with Crippen molar-refractivity contribution in [1.82, 2.24) is 0 Å². The first kappa shape index (κ1) is 11.8. The van der Waals surface area contributed by atoms with Gasteiger partial charge in [-0.1, -0.05) is 48.5 Å². The molecule has 104 valence electrons. The number of benzene rings is 2. The summed E-state index contributed by atoms with van der Waals surface area (Å²) in [7, 11) is 0.